The van der Waals surface area contributed by atoms with Gasteiger partial charge >= 0.3 is 0 Å². The van der Waals surface area contributed by atoms with Crippen molar-refractivity contribution in [3.8, 4) is 11.5 Å². The number of fused-ring (bicyclic) bond motifs is 1. The summed E-state index contributed by atoms with van der Waals surface area (Å²) in [7, 11) is 3.24. The first-order valence-electron chi connectivity index (χ1n) is 7.71. The van der Waals surface area contributed by atoms with Crippen LogP contribution in [0.2, 0.25) is 0 Å². The molecule has 124 valence electrons. The van der Waals surface area contributed by atoms with Crippen LogP contribution in [-0.2, 0) is 6.42 Å². The molecule has 5 heteroatoms. The van der Waals surface area contributed by atoms with Crippen molar-refractivity contribution in [2.75, 3.05) is 26.1 Å². The molecule has 1 heterocycles. The van der Waals surface area contributed by atoms with Crippen molar-refractivity contribution in [1.82, 2.24) is 4.98 Å². The van der Waals surface area contributed by atoms with E-state index in [1.54, 1.807) is 26.5 Å². The molecule has 24 heavy (non-hydrogen) atoms. The Kier molecular flexibility index (Phi) is 4.79. The third kappa shape index (κ3) is 3.25. The van der Waals surface area contributed by atoms with Gasteiger partial charge in [-0.3, -0.25) is 4.98 Å². The number of hydrogen-bond donors (Lipinski definition) is 1. The molecule has 0 bridgehead atoms. The smallest absolute Gasteiger partial charge is 0.160 e. The summed E-state index contributed by atoms with van der Waals surface area (Å²) in [4.78, 5) is 4.10. The summed E-state index contributed by atoms with van der Waals surface area (Å²) in [5, 5.41) is 4.13. The Bertz CT molecular complexity index is 852. The number of methoxy groups -OCH3 is 2. The lowest BCUT2D eigenvalue weighted by molar-refractivity contribution is 0.354. The highest BCUT2D eigenvalue weighted by atomic mass is 19.1. The van der Waals surface area contributed by atoms with E-state index < -0.39 is 0 Å². The van der Waals surface area contributed by atoms with E-state index in [1.807, 2.05) is 30.3 Å². The largest absolute Gasteiger partial charge is 0.493 e. The fourth-order valence-electron chi connectivity index (χ4n) is 2.67. The van der Waals surface area contributed by atoms with E-state index in [2.05, 4.69) is 10.3 Å². The predicted molar refractivity (Wildman–Crippen MR) is 93.4 cm³/mol. The van der Waals surface area contributed by atoms with Crippen LogP contribution >= 0.6 is 0 Å². The molecule has 0 saturated carbocycles. The molecule has 2 aromatic carbocycles. The Balaban J connectivity index is 1.72. The second kappa shape index (κ2) is 7.17. The second-order valence-corrected chi connectivity index (χ2v) is 5.36. The molecule has 3 aromatic rings. The minimum absolute atomic E-state index is 0.309. The van der Waals surface area contributed by atoms with E-state index in [1.165, 1.54) is 6.07 Å². The average molecular weight is 326 g/mol. The van der Waals surface area contributed by atoms with Gasteiger partial charge < -0.3 is 14.8 Å². The first-order chi connectivity index (χ1) is 11.7. The number of nitrogens with zero attached hydrogens (tertiary/aromatic N) is 1. The molecule has 0 fully saturated rings. The number of para-hydroxylation sites is 1. The van der Waals surface area contributed by atoms with E-state index >= 15 is 0 Å². The van der Waals surface area contributed by atoms with E-state index in [0.29, 0.717) is 23.6 Å². The highest BCUT2D eigenvalue weighted by Crippen LogP contribution is 2.28. The number of ether oxygens (including phenoxy) is 2. The lowest BCUT2D eigenvalue weighted by Gasteiger charge is -2.12. The van der Waals surface area contributed by atoms with E-state index in [4.69, 9.17) is 9.47 Å². The number of nitrogens with one attached hydrogen (secondary N) is 1. The van der Waals surface area contributed by atoms with Crippen LogP contribution in [0.5, 0.6) is 11.5 Å². The van der Waals surface area contributed by atoms with Crippen molar-refractivity contribution in [2.45, 2.75) is 6.42 Å². The van der Waals surface area contributed by atoms with Crippen molar-refractivity contribution in [2.24, 2.45) is 0 Å². The molecule has 0 amide bonds. The Labute approximate surface area is 140 Å². The highest BCUT2D eigenvalue weighted by Gasteiger charge is 2.07. The third-order valence-corrected chi connectivity index (χ3v) is 3.90. The van der Waals surface area contributed by atoms with Gasteiger partial charge in [0.1, 0.15) is 11.3 Å². The SMILES string of the molecule is COc1ccc(CCNc2ccnc3c(F)cccc23)cc1OC. The quantitative estimate of drug-likeness (QED) is 0.742. The normalized spacial score (nSPS) is 10.6. The van der Waals surface area contributed by atoms with Crippen LogP contribution in [0, 0.1) is 5.82 Å². The Hall–Kier alpha value is -2.82. The monoisotopic (exact) mass is 326 g/mol. The summed E-state index contributed by atoms with van der Waals surface area (Å²) in [6.07, 6.45) is 2.42. The Morgan fingerprint density at radius 1 is 1.04 bits per heavy atom. The highest BCUT2D eigenvalue weighted by molar-refractivity contribution is 5.91. The van der Waals surface area contributed by atoms with Crippen LogP contribution in [0.3, 0.4) is 0 Å². The van der Waals surface area contributed by atoms with Crippen molar-refractivity contribution >= 4 is 16.6 Å². The molecule has 0 unspecified atom stereocenters. The van der Waals surface area contributed by atoms with Crippen molar-refractivity contribution in [1.29, 1.82) is 0 Å². The maximum Gasteiger partial charge on any atom is 0.160 e. The molecule has 3 rings (SSSR count). The lowest BCUT2D eigenvalue weighted by Crippen LogP contribution is -2.06. The van der Waals surface area contributed by atoms with Gasteiger partial charge in [0, 0.05) is 23.8 Å². The molecular weight excluding hydrogens is 307 g/mol. The van der Waals surface area contributed by atoms with Crippen LogP contribution < -0.4 is 14.8 Å². The molecule has 0 aliphatic heterocycles. The number of hydrogen-bond acceptors (Lipinski definition) is 4. The summed E-state index contributed by atoms with van der Waals surface area (Å²) < 4.78 is 24.4. The number of anilines is 1. The summed E-state index contributed by atoms with van der Waals surface area (Å²) in [5.41, 5.74) is 2.39. The Morgan fingerprint density at radius 3 is 2.67 bits per heavy atom. The molecule has 0 saturated heterocycles. The van der Waals surface area contributed by atoms with Crippen LogP contribution in [0.1, 0.15) is 5.56 Å². The van der Waals surface area contributed by atoms with Crippen LogP contribution in [0.15, 0.2) is 48.7 Å². The van der Waals surface area contributed by atoms with Crippen molar-refractivity contribution < 1.29 is 13.9 Å². The second-order valence-electron chi connectivity index (χ2n) is 5.36. The fourth-order valence-corrected chi connectivity index (χ4v) is 2.67. The predicted octanol–water partition coefficient (Wildman–Crippen LogP) is 4.05. The zero-order chi connectivity index (χ0) is 16.9. The van der Waals surface area contributed by atoms with Gasteiger partial charge in [0.15, 0.2) is 11.5 Å². The summed E-state index contributed by atoms with van der Waals surface area (Å²) in [5.74, 6) is 1.12. The number of pyridine rings is 1. The van der Waals surface area contributed by atoms with Gasteiger partial charge in [-0.15, -0.1) is 0 Å². The van der Waals surface area contributed by atoms with Gasteiger partial charge in [0.2, 0.25) is 0 Å². The maximum absolute atomic E-state index is 13.8. The lowest BCUT2D eigenvalue weighted by atomic mass is 10.1. The molecular formula is C19H19FN2O2. The maximum atomic E-state index is 13.8. The molecule has 0 aliphatic carbocycles. The third-order valence-electron chi connectivity index (χ3n) is 3.90. The zero-order valence-electron chi connectivity index (χ0n) is 13.7. The minimum atomic E-state index is -0.309. The van der Waals surface area contributed by atoms with Crippen LogP contribution in [-0.4, -0.2) is 25.7 Å². The summed E-state index contributed by atoms with van der Waals surface area (Å²) in [6, 6.07) is 12.7. The van der Waals surface area contributed by atoms with Gasteiger partial charge in [-0.05, 0) is 36.2 Å². The van der Waals surface area contributed by atoms with Crippen LogP contribution in [0.4, 0.5) is 10.1 Å². The van der Waals surface area contributed by atoms with E-state index in [-0.39, 0.29) is 5.82 Å². The number of benzene rings is 2. The Morgan fingerprint density at radius 2 is 1.88 bits per heavy atom. The number of aromatic nitrogens is 1. The summed E-state index contributed by atoms with van der Waals surface area (Å²) in [6.45, 7) is 0.713. The zero-order valence-corrected chi connectivity index (χ0v) is 13.7. The van der Waals surface area contributed by atoms with Gasteiger partial charge in [0.25, 0.3) is 0 Å². The first-order valence-corrected chi connectivity index (χ1v) is 7.71. The summed E-state index contributed by atoms with van der Waals surface area (Å²) >= 11 is 0. The molecule has 0 atom stereocenters. The average Bonchev–Trinajstić information content (AvgIpc) is 2.62. The molecule has 4 nitrogen and oxygen atoms in total. The van der Waals surface area contributed by atoms with Crippen molar-refractivity contribution in [3.05, 3.63) is 60.0 Å². The molecule has 1 N–H and O–H groups in total. The fraction of sp³-hybridized carbons (Fsp3) is 0.211. The molecule has 0 spiro atoms. The van der Waals surface area contributed by atoms with E-state index in [0.717, 1.165) is 23.1 Å². The van der Waals surface area contributed by atoms with E-state index in [9.17, 15) is 4.39 Å². The number of rotatable bonds is 6. The van der Waals surface area contributed by atoms with Gasteiger partial charge in [-0.25, -0.2) is 4.39 Å². The van der Waals surface area contributed by atoms with Crippen molar-refractivity contribution in [3.63, 3.8) is 0 Å². The van der Waals surface area contributed by atoms with Gasteiger partial charge in [-0.1, -0.05) is 18.2 Å². The van der Waals surface area contributed by atoms with Crippen LogP contribution in [0.25, 0.3) is 10.9 Å². The topological polar surface area (TPSA) is 43.4 Å². The first kappa shape index (κ1) is 16.1. The standard InChI is InChI=1S/C19H19FN2O2/c1-23-17-7-6-13(12-18(17)24-2)8-10-21-16-9-11-22-19-14(16)4-3-5-15(19)20/h3-7,9,11-12H,8,10H2,1-2H3,(H,21,22). The minimum Gasteiger partial charge on any atom is -0.493 e. The molecule has 0 aliphatic rings. The molecule has 1 aromatic heterocycles. The molecule has 0 radical (unpaired) electrons. The number of halogens is 1. The van der Waals surface area contributed by atoms with Gasteiger partial charge in [-0.2, -0.15) is 0 Å². The van der Waals surface area contributed by atoms with Gasteiger partial charge in [0.05, 0.1) is 14.2 Å².